The molecule has 0 saturated heterocycles. The zero-order valence-electron chi connectivity index (χ0n) is 7.49. The molecule has 0 unspecified atom stereocenters. The third-order valence-electron chi connectivity index (χ3n) is 1.72. The van der Waals surface area contributed by atoms with Crippen molar-refractivity contribution in [1.29, 1.82) is 0 Å². The Morgan fingerprint density at radius 2 is 2.31 bits per heavy atom. The van der Waals surface area contributed by atoms with Crippen molar-refractivity contribution in [2.75, 3.05) is 10.2 Å². The van der Waals surface area contributed by atoms with E-state index in [1.165, 1.54) is 17.3 Å². The summed E-state index contributed by atoms with van der Waals surface area (Å²) in [6.45, 7) is 0.989. The standard InChI is InChI=1S/C8H14IN3S/c9-4-1-2-5-12-7-8(3-6-13)10-11-12/h7,13H,1-6H2. The van der Waals surface area contributed by atoms with Crippen LogP contribution in [0.2, 0.25) is 0 Å². The van der Waals surface area contributed by atoms with E-state index in [1.54, 1.807) is 0 Å². The van der Waals surface area contributed by atoms with Gasteiger partial charge in [-0.15, -0.1) is 5.10 Å². The first kappa shape index (κ1) is 11.3. The summed E-state index contributed by atoms with van der Waals surface area (Å²) in [5.74, 6) is 0.840. The number of rotatable bonds is 6. The molecule has 1 aromatic heterocycles. The minimum Gasteiger partial charge on any atom is -0.252 e. The van der Waals surface area contributed by atoms with Crippen molar-refractivity contribution in [3.63, 3.8) is 0 Å². The predicted molar refractivity (Wildman–Crippen MR) is 65.7 cm³/mol. The summed E-state index contributed by atoms with van der Waals surface area (Å²) in [4.78, 5) is 0. The molecule has 3 nitrogen and oxygen atoms in total. The van der Waals surface area contributed by atoms with Crippen LogP contribution in [0.15, 0.2) is 6.20 Å². The SMILES string of the molecule is SCCc1cn(CCCCI)nn1. The maximum Gasteiger partial charge on any atom is 0.0835 e. The summed E-state index contributed by atoms with van der Waals surface area (Å²) in [6, 6.07) is 0. The van der Waals surface area contributed by atoms with E-state index in [9.17, 15) is 0 Å². The fraction of sp³-hybridized carbons (Fsp3) is 0.750. The summed E-state index contributed by atoms with van der Waals surface area (Å²) >= 11 is 6.54. The van der Waals surface area contributed by atoms with Crippen molar-refractivity contribution in [2.24, 2.45) is 0 Å². The summed E-state index contributed by atoms with van der Waals surface area (Å²) in [6.07, 6.45) is 5.37. The van der Waals surface area contributed by atoms with Crippen molar-refractivity contribution in [2.45, 2.75) is 25.8 Å². The normalized spacial score (nSPS) is 10.6. The number of thiol groups is 1. The molecule has 74 valence electrons. The van der Waals surface area contributed by atoms with Crippen molar-refractivity contribution in [3.8, 4) is 0 Å². The van der Waals surface area contributed by atoms with Gasteiger partial charge in [0.05, 0.1) is 5.69 Å². The first-order valence-electron chi connectivity index (χ1n) is 4.42. The number of alkyl halides is 1. The number of hydrogen-bond donors (Lipinski definition) is 1. The highest BCUT2D eigenvalue weighted by molar-refractivity contribution is 14.1. The van der Waals surface area contributed by atoms with E-state index in [1.807, 2.05) is 10.9 Å². The topological polar surface area (TPSA) is 30.7 Å². The molecule has 0 aromatic carbocycles. The lowest BCUT2D eigenvalue weighted by molar-refractivity contribution is 0.556. The first-order valence-corrected chi connectivity index (χ1v) is 6.58. The van der Waals surface area contributed by atoms with Gasteiger partial charge >= 0.3 is 0 Å². The molecule has 0 aliphatic rings. The number of unbranched alkanes of at least 4 members (excludes halogenated alkanes) is 1. The summed E-state index contributed by atoms with van der Waals surface area (Å²) in [5, 5.41) is 8.08. The molecule has 0 atom stereocenters. The lowest BCUT2D eigenvalue weighted by atomic mass is 10.3. The molecular formula is C8H14IN3S. The van der Waals surface area contributed by atoms with Crippen LogP contribution >= 0.6 is 35.2 Å². The maximum atomic E-state index is 4.15. The predicted octanol–water partition coefficient (Wildman–Crippen LogP) is 1.97. The Hall–Kier alpha value is 0.220. The van der Waals surface area contributed by atoms with E-state index >= 15 is 0 Å². The van der Waals surface area contributed by atoms with Gasteiger partial charge in [-0.05, 0) is 23.0 Å². The van der Waals surface area contributed by atoms with Crippen LogP contribution in [0.4, 0.5) is 0 Å². The number of hydrogen-bond acceptors (Lipinski definition) is 3. The van der Waals surface area contributed by atoms with Crippen molar-refractivity contribution in [3.05, 3.63) is 11.9 Å². The second-order valence-electron chi connectivity index (χ2n) is 2.84. The molecule has 0 aliphatic carbocycles. The van der Waals surface area contributed by atoms with Gasteiger partial charge in [0.2, 0.25) is 0 Å². The monoisotopic (exact) mass is 311 g/mol. The quantitative estimate of drug-likeness (QED) is 0.377. The Morgan fingerprint density at radius 1 is 1.46 bits per heavy atom. The fourth-order valence-corrected chi connectivity index (χ4v) is 1.81. The van der Waals surface area contributed by atoms with E-state index < -0.39 is 0 Å². The molecule has 5 heteroatoms. The van der Waals surface area contributed by atoms with Crippen LogP contribution in [0.3, 0.4) is 0 Å². The lowest BCUT2D eigenvalue weighted by Gasteiger charge is -1.96. The average Bonchev–Trinajstić information content (AvgIpc) is 2.54. The third-order valence-corrected chi connectivity index (χ3v) is 2.71. The second-order valence-corrected chi connectivity index (χ2v) is 4.37. The Bertz CT molecular complexity index is 239. The third kappa shape index (κ3) is 4.30. The van der Waals surface area contributed by atoms with E-state index in [2.05, 4.69) is 45.5 Å². The van der Waals surface area contributed by atoms with E-state index in [0.29, 0.717) is 0 Å². The highest BCUT2D eigenvalue weighted by atomic mass is 127. The molecule has 13 heavy (non-hydrogen) atoms. The van der Waals surface area contributed by atoms with Gasteiger partial charge in [0.1, 0.15) is 0 Å². The fourth-order valence-electron chi connectivity index (χ4n) is 1.05. The smallest absolute Gasteiger partial charge is 0.0835 e. The summed E-state index contributed by atoms with van der Waals surface area (Å²) in [5.41, 5.74) is 1.05. The molecule has 0 radical (unpaired) electrons. The molecular weight excluding hydrogens is 297 g/mol. The largest absolute Gasteiger partial charge is 0.252 e. The average molecular weight is 311 g/mol. The highest BCUT2D eigenvalue weighted by Gasteiger charge is 1.98. The lowest BCUT2D eigenvalue weighted by Crippen LogP contribution is -1.98. The van der Waals surface area contributed by atoms with Gasteiger partial charge < -0.3 is 0 Å². The van der Waals surface area contributed by atoms with Crippen molar-refractivity contribution >= 4 is 35.2 Å². The van der Waals surface area contributed by atoms with E-state index in [4.69, 9.17) is 0 Å². The molecule has 0 fully saturated rings. The molecule has 1 aromatic rings. The van der Waals surface area contributed by atoms with Gasteiger partial charge in [0, 0.05) is 19.2 Å². The molecule has 0 aliphatic heterocycles. The van der Waals surface area contributed by atoms with Gasteiger partial charge in [0.25, 0.3) is 0 Å². The Balaban J connectivity index is 2.31. The molecule has 1 rings (SSSR count). The molecule has 0 saturated carbocycles. The molecule has 0 spiro atoms. The number of nitrogens with zero attached hydrogens (tertiary/aromatic N) is 3. The van der Waals surface area contributed by atoms with E-state index in [0.717, 1.165) is 24.4 Å². The highest BCUT2D eigenvalue weighted by Crippen LogP contribution is 2.00. The van der Waals surface area contributed by atoms with Crippen LogP contribution in [0.25, 0.3) is 0 Å². The Kier molecular flexibility index (Phi) is 5.77. The van der Waals surface area contributed by atoms with Crippen LogP contribution in [-0.4, -0.2) is 25.2 Å². The Morgan fingerprint density at radius 3 is 3.00 bits per heavy atom. The van der Waals surface area contributed by atoms with Crippen LogP contribution in [-0.2, 0) is 13.0 Å². The summed E-state index contributed by atoms with van der Waals surface area (Å²) < 4.78 is 3.14. The van der Waals surface area contributed by atoms with Crippen molar-refractivity contribution < 1.29 is 0 Å². The van der Waals surface area contributed by atoms with Crippen molar-refractivity contribution in [1.82, 2.24) is 15.0 Å². The van der Waals surface area contributed by atoms with Crippen LogP contribution < -0.4 is 0 Å². The van der Waals surface area contributed by atoms with Gasteiger partial charge in [0.15, 0.2) is 0 Å². The Labute approximate surface area is 97.8 Å². The zero-order valence-corrected chi connectivity index (χ0v) is 10.5. The minimum atomic E-state index is 0.840. The van der Waals surface area contributed by atoms with Gasteiger partial charge in [-0.25, -0.2) is 0 Å². The van der Waals surface area contributed by atoms with Gasteiger partial charge in [-0.2, -0.15) is 12.6 Å². The number of halogens is 1. The minimum absolute atomic E-state index is 0.840. The second kappa shape index (κ2) is 6.64. The molecule has 0 amide bonds. The number of aryl methyl sites for hydroxylation is 2. The molecule has 0 N–H and O–H groups in total. The van der Waals surface area contributed by atoms with E-state index in [-0.39, 0.29) is 0 Å². The molecule has 1 heterocycles. The molecule has 0 bridgehead atoms. The van der Waals surface area contributed by atoms with Crippen LogP contribution in [0.5, 0.6) is 0 Å². The van der Waals surface area contributed by atoms with Gasteiger partial charge in [-0.3, -0.25) is 4.68 Å². The maximum absolute atomic E-state index is 4.15. The van der Waals surface area contributed by atoms with Crippen LogP contribution in [0.1, 0.15) is 18.5 Å². The first-order chi connectivity index (χ1) is 6.36. The zero-order chi connectivity index (χ0) is 9.52. The van der Waals surface area contributed by atoms with Gasteiger partial charge in [-0.1, -0.05) is 27.8 Å². The number of aromatic nitrogens is 3. The van der Waals surface area contributed by atoms with Crippen LogP contribution in [0, 0.1) is 0 Å². The summed E-state index contributed by atoms with van der Waals surface area (Å²) in [7, 11) is 0.